The second kappa shape index (κ2) is 17.6. The van der Waals surface area contributed by atoms with Gasteiger partial charge < -0.3 is 24.5 Å². The number of hydrogen-bond acceptors (Lipinski definition) is 6. The number of urea groups is 1. The van der Waals surface area contributed by atoms with Crippen molar-refractivity contribution in [1.82, 2.24) is 18.7 Å². The van der Waals surface area contributed by atoms with E-state index in [1.165, 1.54) is 29.4 Å². The summed E-state index contributed by atoms with van der Waals surface area (Å²) < 4.78 is 34.9. The second-order valence-corrected chi connectivity index (χ2v) is 20.7. The number of amides is 3. The number of aliphatic hydroxyl groups is 1. The summed E-state index contributed by atoms with van der Waals surface area (Å²) in [5.41, 5.74) is 2.32. The van der Waals surface area contributed by atoms with Crippen LogP contribution in [0.1, 0.15) is 85.0 Å². The summed E-state index contributed by atoms with van der Waals surface area (Å²) in [4.78, 5) is 33.7. The van der Waals surface area contributed by atoms with Crippen molar-refractivity contribution in [3.8, 4) is 16.9 Å². The molecule has 2 unspecified atom stereocenters. The molecule has 4 saturated carbocycles. The number of hydrogen-bond donors (Lipinski definition) is 1. The van der Waals surface area contributed by atoms with E-state index in [4.69, 9.17) is 4.74 Å². The van der Waals surface area contributed by atoms with Gasteiger partial charge in [0.25, 0.3) is 10.0 Å². The number of carbonyl (C=O) groups is 2. The van der Waals surface area contributed by atoms with Crippen LogP contribution in [0.3, 0.4) is 0 Å². The summed E-state index contributed by atoms with van der Waals surface area (Å²) in [5.74, 6) is 4.18. The number of benzene rings is 3. The molecule has 11 heteroatoms. The maximum atomic E-state index is 13.9. The Morgan fingerprint density at radius 2 is 1.50 bits per heavy atom. The van der Waals surface area contributed by atoms with E-state index in [0.717, 1.165) is 80.4 Å². The largest absolute Gasteiger partial charge is 0.490 e. The Morgan fingerprint density at radius 3 is 2.12 bits per heavy atom. The number of aromatic nitrogens is 1. The second-order valence-electron chi connectivity index (χ2n) is 18.9. The predicted molar refractivity (Wildman–Crippen MR) is 236 cm³/mol. The third-order valence-corrected chi connectivity index (χ3v) is 16.3. The van der Waals surface area contributed by atoms with Crippen molar-refractivity contribution in [2.24, 2.45) is 35.0 Å². The minimum Gasteiger partial charge on any atom is -0.490 e. The number of nitrogens with zero attached hydrogens (tertiary/aromatic N) is 4. The zero-order valence-corrected chi connectivity index (χ0v) is 36.7. The van der Waals surface area contributed by atoms with Crippen molar-refractivity contribution in [2.45, 2.75) is 102 Å². The van der Waals surface area contributed by atoms with Crippen molar-refractivity contribution < 1.29 is 27.9 Å². The van der Waals surface area contributed by atoms with Gasteiger partial charge in [-0.05, 0) is 143 Å². The Bertz CT molecular complexity index is 2190. The van der Waals surface area contributed by atoms with Crippen LogP contribution in [0.25, 0.3) is 22.0 Å². The molecule has 2 atom stereocenters. The SMILES string of the molecule is CCC(CCN(C)C(=O)C12CC3CC(CC(C3)C1)C2)C1CCN(C(=O)N(CC(O)COc2cccc3c2ccn3S(=O)(=O)c2ccc(-c3ccccc3)cc2)C(C)C)CC1. The summed E-state index contributed by atoms with van der Waals surface area (Å²) in [6, 6.07) is 23.4. The molecule has 4 bridgehead atoms. The van der Waals surface area contributed by atoms with Gasteiger partial charge in [0, 0.05) is 44.3 Å². The number of ether oxygens (including phenoxy) is 1. The van der Waals surface area contributed by atoms with E-state index in [1.807, 2.05) is 68.3 Å². The third kappa shape index (κ3) is 8.58. The molecule has 5 aliphatic rings. The number of aliphatic hydroxyl groups excluding tert-OH is 1. The molecule has 2 heterocycles. The third-order valence-electron chi connectivity index (χ3n) is 14.6. The Morgan fingerprint density at radius 1 is 0.867 bits per heavy atom. The van der Waals surface area contributed by atoms with E-state index < -0.39 is 16.1 Å². The standard InChI is InChI=1S/C49H64N4O6S/c1-5-38(18-22-50(4)47(55)49-29-35-26-36(30-49)28-37(27-35)31-49)41-19-23-51(24-20-41)48(56)52(34(2)3)32-42(54)33-59-46-13-9-12-45-44(46)21-25-53(45)60(57,58)43-16-14-40(15-17-43)39-10-7-6-8-11-39/h6-17,21,25,34-38,41-42,54H,5,18-20,22-24,26-33H2,1-4H3. The summed E-state index contributed by atoms with van der Waals surface area (Å²) in [5, 5.41) is 11.8. The van der Waals surface area contributed by atoms with Gasteiger partial charge in [-0.1, -0.05) is 61.9 Å². The van der Waals surface area contributed by atoms with Crippen LogP contribution in [0.5, 0.6) is 5.75 Å². The molecule has 4 aromatic rings. The summed E-state index contributed by atoms with van der Waals surface area (Å²) in [6.45, 7) is 8.40. The Hall–Kier alpha value is -4.35. The molecule has 5 fully saturated rings. The van der Waals surface area contributed by atoms with Crippen molar-refractivity contribution in [3.63, 3.8) is 0 Å². The van der Waals surface area contributed by atoms with E-state index in [2.05, 4.69) is 11.8 Å². The van der Waals surface area contributed by atoms with E-state index in [1.54, 1.807) is 41.3 Å². The summed E-state index contributed by atoms with van der Waals surface area (Å²) in [7, 11) is -1.86. The van der Waals surface area contributed by atoms with Crippen molar-refractivity contribution in [2.75, 3.05) is 39.8 Å². The molecule has 1 aromatic heterocycles. The molecule has 1 saturated heterocycles. The lowest BCUT2D eigenvalue weighted by Gasteiger charge is -2.56. The highest BCUT2D eigenvalue weighted by molar-refractivity contribution is 7.90. The van der Waals surface area contributed by atoms with Crippen molar-refractivity contribution in [1.29, 1.82) is 0 Å². The maximum Gasteiger partial charge on any atom is 0.320 e. The van der Waals surface area contributed by atoms with Crippen LogP contribution in [0.2, 0.25) is 0 Å². The number of likely N-dealkylation sites (tertiary alicyclic amines) is 1. The van der Waals surface area contributed by atoms with Gasteiger partial charge in [-0.25, -0.2) is 17.2 Å². The van der Waals surface area contributed by atoms with Crippen LogP contribution in [-0.4, -0.2) is 96.1 Å². The first kappa shape index (κ1) is 42.3. The molecule has 322 valence electrons. The summed E-state index contributed by atoms with van der Waals surface area (Å²) in [6.07, 6.45) is 11.9. The first-order chi connectivity index (χ1) is 28.8. The lowest BCUT2D eigenvalue weighted by molar-refractivity contribution is -0.156. The molecule has 1 N–H and O–H groups in total. The first-order valence-corrected chi connectivity index (χ1v) is 23.9. The van der Waals surface area contributed by atoms with Crippen LogP contribution < -0.4 is 4.74 Å². The van der Waals surface area contributed by atoms with Crippen LogP contribution in [-0.2, 0) is 14.8 Å². The Kier molecular flexibility index (Phi) is 12.4. The van der Waals surface area contributed by atoms with E-state index in [9.17, 15) is 23.1 Å². The number of carbonyl (C=O) groups excluding carboxylic acids is 2. The topological polar surface area (TPSA) is 112 Å². The molecule has 0 spiro atoms. The predicted octanol–water partition coefficient (Wildman–Crippen LogP) is 8.92. The average Bonchev–Trinajstić information content (AvgIpc) is 3.70. The molecule has 0 radical (unpaired) electrons. The number of fused-ring (bicyclic) bond motifs is 1. The molecule has 1 aliphatic heterocycles. The zero-order chi connectivity index (χ0) is 42.2. The van der Waals surface area contributed by atoms with Crippen molar-refractivity contribution >= 4 is 32.9 Å². The Labute approximate surface area is 356 Å². The average molecular weight is 837 g/mol. The van der Waals surface area contributed by atoms with Crippen LogP contribution >= 0.6 is 0 Å². The van der Waals surface area contributed by atoms with E-state index >= 15 is 0 Å². The van der Waals surface area contributed by atoms with Gasteiger partial charge in [-0.3, -0.25) is 4.79 Å². The maximum absolute atomic E-state index is 13.9. The van der Waals surface area contributed by atoms with E-state index in [-0.39, 0.29) is 35.5 Å². The smallest absolute Gasteiger partial charge is 0.320 e. The highest BCUT2D eigenvalue weighted by Gasteiger charge is 2.55. The van der Waals surface area contributed by atoms with Crippen LogP contribution in [0.4, 0.5) is 4.79 Å². The molecule has 60 heavy (non-hydrogen) atoms. The molecule has 4 aliphatic carbocycles. The fraction of sp³-hybridized carbons (Fsp3) is 0.551. The first-order valence-electron chi connectivity index (χ1n) is 22.5. The van der Waals surface area contributed by atoms with Gasteiger partial charge >= 0.3 is 6.03 Å². The molecule has 10 nitrogen and oxygen atoms in total. The monoisotopic (exact) mass is 836 g/mol. The Balaban J connectivity index is 0.828. The molecule has 3 aromatic carbocycles. The quantitative estimate of drug-likeness (QED) is 0.128. The minimum absolute atomic E-state index is 0.0610. The van der Waals surface area contributed by atoms with Crippen LogP contribution in [0, 0.1) is 35.0 Å². The lowest BCUT2D eigenvalue weighted by atomic mass is 9.49. The van der Waals surface area contributed by atoms with E-state index in [0.29, 0.717) is 47.5 Å². The van der Waals surface area contributed by atoms with Gasteiger partial charge in [0.15, 0.2) is 0 Å². The van der Waals surface area contributed by atoms with Crippen molar-refractivity contribution in [3.05, 3.63) is 85.1 Å². The molecule has 9 rings (SSSR count). The summed E-state index contributed by atoms with van der Waals surface area (Å²) >= 11 is 0. The zero-order valence-electron chi connectivity index (χ0n) is 35.9. The van der Waals surface area contributed by atoms with Gasteiger partial charge in [-0.15, -0.1) is 0 Å². The van der Waals surface area contributed by atoms with Gasteiger partial charge in [0.1, 0.15) is 18.5 Å². The fourth-order valence-corrected chi connectivity index (χ4v) is 13.1. The number of piperidine rings is 1. The fourth-order valence-electron chi connectivity index (χ4n) is 11.7. The van der Waals surface area contributed by atoms with Gasteiger partial charge in [0.05, 0.1) is 22.4 Å². The molecular formula is C49H64N4O6S. The van der Waals surface area contributed by atoms with Crippen LogP contribution in [0.15, 0.2) is 90.0 Å². The molecule has 3 amide bonds. The highest BCUT2D eigenvalue weighted by atomic mass is 32.2. The normalized spacial score (nSPS) is 23.8. The highest BCUT2D eigenvalue weighted by Crippen LogP contribution is 2.60. The number of rotatable bonds is 15. The van der Waals surface area contributed by atoms with Gasteiger partial charge in [0.2, 0.25) is 5.91 Å². The van der Waals surface area contributed by atoms with Gasteiger partial charge in [-0.2, -0.15) is 0 Å². The minimum atomic E-state index is -3.89. The lowest BCUT2D eigenvalue weighted by Crippen LogP contribution is -2.54. The molecular weight excluding hydrogens is 773 g/mol.